The van der Waals surface area contributed by atoms with Crippen molar-refractivity contribution < 1.29 is 24.2 Å². The summed E-state index contributed by atoms with van der Waals surface area (Å²) >= 11 is 1.17. The number of methoxy groups -OCH3 is 1. The Morgan fingerprint density at radius 1 is 1.38 bits per heavy atom. The summed E-state index contributed by atoms with van der Waals surface area (Å²) in [5, 5.41) is 13.5. The normalized spacial score (nSPS) is 16.6. The number of aromatic nitrogens is 1. The lowest BCUT2D eigenvalue weighted by Crippen LogP contribution is -2.32. The maximum atomic E-state index is 12.3. The summed E-state index contributed by atoms with van der Waals surface area (Å²) < 4.78 is 5.10. The monoisotopic (exact) mass is 375 g/mol. The highest BCUT2D eigenvalue weighted by Gasteiger charge is 2.35. The van der Waals surface area contributed by atoms with Gasteiger partial charge in [0.2, 0.25) is 11.8 Å². The highest BCUT2D eigenvalue weighted by Crippen LogP contribution is 2.27. The largest absolute Gasteiger partial charge is 0.497 e. The third-order valence-corrected chi connectivity index (χ3v) is 4.91. The molecule has 0 radical (unpaired) electrons. The van der Waals surface area contributed by atoms with Crippen molar-refractivity contribution in [2.45, 2.75) is 13.0 Å². The van der Waals surface area contributed by atoms with Crippen LogP contribution in [0.2, 0.25) is 0 Å². The van der Waals surface area contributed by atoms with Crippen LogP contribution >= 0.6 is 11.3 Å². The van der Waals surface area contributed by atoms with Gasteiger partial charge in [-0.3, -0.25) is 9.59 Å². The number of carbonyl (C=O) groups excluding carboxylic acids is 2. The van der Waals surface area contributed by atoms with Gasteiger partial charge in [-0.2, -0.15) is 0 Å². The van der Waals surface area contributed by atoms with Crippen LogP contribution in [0.25, 0.3) is 0 Å². The molecule has 26 heavy (non-hydrogen) atoms. The fourth-order valence-electron chi connectivity index (χ4n) is 2.69. The summed E-state index contributed by atoms with van der Waals surface area (Å²) in [6.45, 7) is 0.444. The van der Waals surface area contributed by atoms with Gasteiger partial charge in [0.1, 0.15) is 10.8 Å². The number of carbonyl (C=O) groups is 3. The molecule has 2 amide bonds. The van der Waals surface area contributed by atoms with Gasteiger partial charge in [0.05, 0.1) is 19.6 Å². The molecule has 1 aromatic heterocycles. The molecule has 0 spiro atoms. The number of hydrogen-bond acceptors (Lipinski definition) is 6. The van der Waals surface area contributed by atoms with Crippen LogP contribution in [0.15, 0.2) is 29.6 Å². The Morgan fingerprint density at radius 3 is 2.73 bits per heavy atom. The molecule has 0 aliphatic carbocycles. The number of nitrogens with one attached hydrogen (secondary N) is 1. The molecule has 2 heterocycles. The Bertz CT molecular complexity index is 833. The number of carboxylic acid groups (broad SMARTS) is 1. The van der Waals surface area contributed by atoms with E-state index in [9.17, 15) is 14.4 Å². The highest BCUT2D eigenvalue weighted by atomic mass is 32.1. The molecule has 2 N–H and O–H groups in total. The minimum absolute atomic E-state index is 0.0408. The molecule has 1 fully saturated rings. The zero-order chi connectivity index (χ0) is 18.7. The smallest absolute Gasteiger partial charge is 0.355 e. The van der Waals surface area contributed by atoms with Crippen molar-refractivity contribution in [2.24, 2.45) is 5.92 Å². The predicted octanol–water partition coefficient (Wildman–Crippen LogP) is 1.52. The summed E-state index contributed by atoms with van der Waals surface area (Å²) in [7, 11) is 1.57. The van der Waals surface area contributed by atoms with Crippen molar-refractivity contribution in [3.8, 4) is 5.75 Å². The number of carboxylic acids is 1. The molecule has 9 heteroatoms. The van der Waals surface area contributed by atoms with Gasteiger partial charge in [0, 0.05) is 24.0 Å². The van der Waals surface area contributed by atoms with Crippen molar-refractivity contribution in [3.63, 3.8) is 0 Å². The standard InChI is InChI=1S/C17H17N3O5S/c1-25-12-4-2-11(3-5-12)20-8-10(6-15(20)21)16(22)18-7-14-19-13(9-26-14)17(23)24/h2-5,9-10H,6-8H2,1H3,(H,18,22)(H,23,24). The lowest BCUT2D eigenvalue weighted by molar-refractivity contribution is -0.126. The van der Waals surface area contributed by atoms with Gasteiger partial charge in [-0.15, -0.1) is 11.3 Å². The van der Waals surface area contributed by atoms with Crippen LogP contribution in [0.3, 0.4) is 0 Å². The summed E-state index contributed by atoms with van der Waals surface area (Å²) in [4.78, 5) is 40.9. The van der Waals surface area contributed by atoms with Crippen LogP contribution in [-0.2, 0) is 16.1 Å². The molecule has 1 unspecified atom stereocenters. The molecule has 0 bridgehead atoms. The number of ether oxygens (including phenoxy) is 1. The first-order valence-electron chi connectivity index (χ1n) is 7.87. The van der Waals surface area contributed by atoms with Crippen molar-refractivity contribution in [3.05, 3.63) is 40.3 Å². The van der Waals surface area contributed by atoms with E-state index in [1.54, 1.807) is 36.3 Å². The second kappa shape index (κ2) is 7.52. The number of hydrogen-bond donors (Lipinski definition) is 2. The van der Waals surface area contributed by atoms with E-state index in [0.717, 1.165) is 5.69 Å². The second-order valence-electron chi connectivity index (χ2n) is 5.75. The first kappa shape index (κ1) is 17.9. The molecule has 136 valence electrons. The molecular weight excluding hydrogens is 358 g/mol. The van der Waals surface area contributed by atoms with Crippen LogP contribution in [0.5, 0.6) is 5.75 Å². The third kappa shape index (κ3) is 3.83. The minimum atomic E-state index is -1.10. The number of rotatable bonds is 6. The first-order chi connectivity index (χ1) is 12.5. The number of thiazole rings is 1. The van der Waals surface area contributed by atoms with Gasteiger partial charge in [-0.25, -0.2) is 9.78 Å². The maximum Gasteiger partial charge on any atom is 0.355 e. The van der Waals surface area contributed by atoms with E-state index in [2.05, 4.69) is 10.3 Å². The van der Waals surface area contributed by atoms with Crippen LogP contribution in [0, 0.1) is 5.92 Å². The van der Waals surface area contributed by atoms with Crippen LogP contribution < -0.4 is 15.0 Å². The molecule has 8 nitrogen and oxygen atoms in total. The van der Waals surface area contributed by atoms with Crippen molar-refractivity contribution in [1.29, 1.82) is 0 Å². The van der Waals surface area contributed by atoms with Gasteiger partial charge >= 0.3 is 5.97 Å². The fraction of sp³-hybridized carbons (Fsp3) is 0.294. The minimum Gasteiger partial charge on any atom is -0.497 e. The zero-order valence-electron chi connectivity index (χ0n) is 14.0. The molecule has 1 aliphatic heterocycles. The molecule has 0 saturated carbocycles. The maximum absolute atomic E-state index is 12.3. The molecule has 1 aromatic carbocycles. The Labute approximate surface area is 153 Å². The Morgan fingerprint density at radius 2 is 2.12 bits per heavy atom. The van der Waals surface area contributed by atoms with Crippen LogP contribution in [-0.4, -0.2) is 41.5 Å². The van der Waals surface area contributed by atoms with Gasteiger partial charge < -0.3 is 20.1 Å². The summed E-state index contributed by atoms with van der Waals surface area (Å²) in [6, 6.07) is 7.08. The van der Waals surface area contributed by atoms with Gasteiger partial charge in [-0.1, -0.05) is 0 Å². The van der Waals surface area contributed by atoms with E-state index in [0.29, 0.717) is 17.3 Å². The SMILES string of the molecule is COc1ccc(N2CC(C(=O)NCc3nc(C(=O)O)cs3)CC2=O)cc1. The average Bonchev–Trinajstić information content (AvgIpc) is 3.27. The van der Waals surface area contributed by atoms with Crippen molar-refractivity contribution >= 4 is 34.8 Å². The molecule has 2 aromatic rings. The van der Waals surface area contributed by atoms with Gasteiger partial charge in [0.25, 0.3) is 0 Å². The molecule has 1 aliphatic rings. The van der Waals surface area contributed by atoms with Gasteiger partial charge in [0.15, 0.2) is 5.69 Å². The van der Waals surface area contributed by atoms with Crippen molar-refractivity contribution in [1.82, 2.24) is 10.3 Å². The Kier molecular flexibility index (Phi) is 5.17. The summed E-state index contributed by atoms with van der Waals surface area (Å²) in [5.74, 6) is -1.23. The number of benzene rings is 1. The van der Waals surface area contributed by atoms with Crippen LogP contribution in [0.1, 0.15) is 21.9 Å². The molecular formula is C17H17N3O5S. The predicted molar refractivity (Wildman–Crippen MR) is 94.4 cm³/mol. The third-order valence-electron chi connectivity index (χ3n) is 4.06. The Hall–Kier alpha value is -2.94. The highest BCUT2D eigenvalue weighted by molar-refractivity contribution is 7.09. The zero-order valence-corrected chi connectivity index (χ0v) is 14.8. The molecule has 1 atom stereocenters. The second-order valence-corrected chi connectivity index (χ2v) is 6.70. The van der Waals surface area contributed by atoms with E-state index in [1.807, 2.05) is 0 Å². The van der Waals surface area contributed by atoms with E-state index in [-0.39, 0.29) is 30.5 Å². The molecule has 1 saturated heterocycles. The quantitative estimate of drug-likeness (QED) is 0.792. The number of amides is 2. The first-order valence-corrected chi connectivity index (χ1v) is 8.75. The Balaban J connectivity index is 1.58. The van der Waals surface area contributed by atoms with E-state index >= 15 is 0 Å². The van der Waals surface area contributed by atoms with Gasteiger partial charge in [-0.05, 0) is 24.3 Å². The summed E-state index contributed by atoms with van der Waals surface area (Å²) in [6.07, 6.45) is 0.135. The lowest BCUT2D eigenvalue weighted by Gasteiger charge is -2.17. The lowest BCUT2D eigenvalue weighted by atomic mass is 10.1. The number of anilines is 1. The van der Waals surface area contributed by atoms with E-state index in [1.165, 1.54) is 16.7 Å². The topological polar surface area (TPSA) is 109 Å². The fourth-order valence-corrected chi connectivity index (χ4v) is 3.40. The van der Waals surface area contributed by atoms with Crippen LogP contribution in [0.4, 0.5) is 5.69 Å². The summed E-state index contributed by atoms with van der Waals surface area (Å²) in [5.41, 5.74) is 0.679. The van der Waals surface area contributed by atoms with E-state index < -0.39 is 11.9 Å². The number of nitrogens with zero attached hydrogens (tertiary/aromatic N) is 2. The number of aromatic carboxylic acids is 1. The van der Waals surface area contributed by atoms with Crippen molar-refractivity contribution in [2.75, 3.05) is 18.6 Å². The van der Waals surface area contributed by atoms with E-state index in [4.69, 9.17) is 9.84 Å². The average molecular weight is 375 g/mol. The molecule has 3 rings (SSSR count).